The molecule has 5 nitrogen and oxygen atoms in total. The molecule has 0 aliphatic carbocycles. The first-order valence-electron chi connectivity index (χ1n) is 5.77. The van der Waals surface area contributed by atoms with Crippen molar-refractivity contribution in [3.05, 3.63) is 17.0 Å². The normalized spacial score (nSPS) is 17.5. The highest BCUT2D eigenvalue weighted by atomic mass is 35.5. The van der Waals surface area contributed by atoms with E-state index >= 15 is 0 Å². The molecule has 1 saturated heterocycles. The topological polar surface area (TPSA) is 52.5 Å². The maximum absolute atomic E-state index is 8.89. The Morgan fingerprint density at radius 2 is 2.00 bits per heavy atom. The molecule has 1 fully saturated rings. The monoisotopic (exact) mass is 256 g/mol. The van der Waals surface area contributed by atoms with E-state index in [0.717, 1.165) is 44.1 Å². The smallest absolute Gasteiger partial charge is 0.137 e. The molecule has 2 heterocycles. The molecule has 0 bridgehead atoms. The van der Waals surface area contributed by atoms with Crippen LogP contribution < -0.4 is 4.90 Å². The van der Waals surface area contributed by atoms with Gasteiger partial charge in [0.1, 0.15) is 17.3 Å². The lowest BCUT2D eigenvalue weighted by Crippen LogP contribution is -2.47. The van der Waals surface area contributed by atoms with Gasteiger partial charge in [0.15, 0.2) is 0 Å². The van der Waals surface area contributed by atoms with Crippen LogP contribution in [0, 0.1) is 6.92 Å². The van der Waals surface area contributed by atoms with E-state index in [0.29, 0.717) is 5.15 Å². The maximum Gasteiger partial charge on any atom is 0.137 e. The molecule has 2 rings (SSSR count). The molecule has 1 aromatic rings. The lowest BCUT2D eigenvalue weighted by molar-refractivity contribution is 0.188. The number of aliphatic hydroxyl groups is 1. The van der Waals surface area contributed by atoms with E-state index in [2.05, 4.69) is 19.8 Å². The molecule has 0 unspecified atom stereocenters. The van der Waals surface area contributed by atoms with E-state index in [4.69, 9.17) is 16.7 Å². The van der Waals surface area contributed by atoms with E-state index in [1.807, 2.05) is 6.92 Å². The van der Waals surface area contributed by atoms with E-state index < -0.39 is 0 Å². The summed E-state index contributed by atoms with van der Waals surface area (Å²) < 4.78 is 0. The number of β-amino-alcohol motifs (C(OH)–C–C–N with tert-alkyl or cyclic N) is 1. The van der Waals surface area contributed by atoms with Crippen LogP contribution in [0.3, 0.4) is 0 Å². The molecule has 0 amide bonds. The average molecular weight is 257 g/mol. The fraction of sp³-hybridized carbons (Fsp3) is 0.636. The number of anilines is 1. The Morgan fingerprint density at radius 1 is 1.29 bits per heavy atom. The summed E-state index contributed by atoms with van der Waals surface area (Å²) in [5, 5.41) is 9.41. The Kier molecular flexibility index (Phi) is 4.15. The van der Waals surface area contributed by atoms with Crippen molar-refractivity contribution in [1.82, 2.24) is 14.9 Å². The Balaban J connectivity index is 2.03. The number of rotatable bonds is 3. The Bertz CT molecular complexity index is 380. The molecule has 0 aromatic carbocycles. The maximum atomic E-state index is 8.89. The van der Waals surface area contributed by atoms with Gasteiger partial charge in [-0.05, 0) is 6.92 Å². The van der Waals surface area contributed by atoms with Crippen molar-refractivity contribution in [2.24, 2.45) is 0 Å². The van der Waals surface area contributed by atoms with Gasteiger partial charge in [0.05, 0.1) is 6.61 Å². The number of aliphatic hydroxyl groups excluding tert-OH is 1. The molecule has 6 heteroatoms. The minimum Gasteiger partial charge on any atom is -0.395 e. The van der Waals surface area contributed by atoms with Crippen LogP contribution in [0.4, 0.5) is 5.82 Å². The zero-order chi connectivity index (χ0) is 12.3. The molecule has 1 N–H and O–H groups in total. The Hall–Kier alpha value is -0.910. The minimum atomic E-state index is 0.221. The zero-order valence-corrected chi connectivity index (χ0v) is 10.7. The molecule has 0 saturated carbocycles. The van der Waals surface area contributed by atoms with Crippen LogP contribution in [0.25, 0.3) is 0 Å². The van der Waals surface area contributed by atoms with Gasteiger partial charge < -0.3 is 10.0 Å². The van der Waals surface area contributed by atoms with E-state index in [-0.39, 0.29) is 6.61 Å². The lowest BCUT2D eigenvalue weighted by Gasteiger charge is -2.35. The van der Waals surface area contributed by atoms with E-state index in [9.17, 15) is 0 Å². The van der Waals surface area contributed by atoms with Crippen LogP contribution >= 0.6 is 11.6 Å². The molecular weight excluding hydrogens is 240 g/mol. The second-order valence-electron chi connectivity index (χ2n) is 4.17. The van der Waals surface area contributed by atoms with Crippen LogP contribution in [0.15, 0.2) is 6.33 Å². The zero-order valence-electron chi connectivity index (χ0n) is 9.93. The lowest BCUT2D eigenvalue weighted by atomic mass is 10.2. The summed E-state index contributed by atoms with van der Waals surface area (Å²) in [7, 11) is 0. The van der Waals surface area contributed by atoms with Crippen molar-refractivity contribution in [2.75, 3.05) is 44.2 Å². The number of aromatic nitrogens is 2. The first-order chi connectivity index (χ1) is 8.22. The van der Waals surface area contributed by atoms with Crippen molar-refractivity contribution in [1.29, 1.82) is 0 Å². The molecule has 1 aliphatic heterocycles. The largest absolute Gasteiger partial charge is 0.395 e. The highest BCUT2D eigenvalue weighted by Crippen LogP contribution is 2.22. The summed E-state index contributed by atoms with van der Waals surface area (Å²) in [6.07, 6.45) is 1.50. The summed E-state index contributed by atoms with van der Waals surface area (Å²) in [5.41, 5.74) is 0.935. The van der Waals surface area contributed by atoms with Crippen LogP contribution in [-0.4, -0.2) is 59.3 Å². The van der Waals surface area contributed by atoms with E-state index in [1.165, 1.54) is 6.33 Å². The quantitative estimate of drug-likeness (QED) is 0.801. The molecule has 94 valence electrons. The van der Waals surface area contributed by atoms with Crippen LogP contribution in [0.5, 0.6) is 0 Å². The highest BCUT2D eigenvalue weighted by Gasteiger charge is 2.19. The van der Waals surface area contributed by atoms with Crippen molar-refractivity contribution in [3.63, 3.8) is 0 Å². The van der Waals surface area contributed by atoms with Crippen molar-refractivity contribution >= 4 is 17.4 Å². The average Bonchev–Trinajstić information content (AvgIpc) is 2.34. The Morgan fingerprint density at radius 3 is 2.65 bits per heavy atom. The molecule has 0 spiro atoms. The minimum absolute atomic E-state index is 0.221. The number of piperazine rings is 1. The summed E-state index contributed by atoms with van der Waals surface area (Å²) in [6.45, 7) is 6.62. The summed E-state index contributed by atoms with van der Waals surface area (Å²) in [4.78, 5) is 12.7. The fourth-order valence-electron chi connectivity index (χ4n) is 2.06. The number of hydrogen-bond donors (Lipinski definition) is 1. The van der Waals surface area contributed by atoms with Gasteiger partial charge in [0, 0.05) is 38.3 Å². The number of hydrogen-bond acceptors (Lipinski definition) is 5. The van der Waals surface area contributed by atoms with Gasteiger partial charge in [0.25, 0.3) is 0 Å². The van der Waals surface area contributed by atoms with Gasteiger partial charge in [0.2, 0.25) is 0 Å². The predicted molar refractivity (Wildman–Crippen MR) is 67.5 cm³/mol. The number of halogens is 1. The van der Waals surface area contributed by atoms with Crippen LogP contribution in [0.2, 0.25) is 5.15 Å². The third-order valence-electron chi connectivity index (χ3n) is 3.08. The van der Waals surface area contributed by atoms with Crippen molar-refractivity contribution in [2.45, 2.75) is 6.92 Å². The predicted octanol–water partition coefficient (Wildman–Crippen LogP) is 0.553. The van der Waals surface area contributed by atoms with Gasteiger partial charge in [-0.3, -0.25) is 4.90 Å². The molecule has 1 aromatic heterocycles. The molecule has 0 radical (unpaired) electrons. The van der Waals surface area contributed by atoms with Gasteiger partial charge in [-0.1, -0.05) is 11.6 Å². The summed E-state index contributed by atoms with van der Waals surface area (Å²) >= 11 is 5.99. The number of nitrogens with zero attached hydrogens (tertiary/aromatic N) is 4. The third-order valence-corrected chi connectivity index (χ3v) is 3.47. The van der Waals surface area contributed by atoms with Gasteiger partial charge in [-0.25, -0.2) is 9.97 Å². The third kappa shape index (κ3) is 2.86. The molecule has 0 atom stereocenters. The van der Waals surface area contributed by atoms with Crippen molar-refractivity contribution in [3.8, 4) is 0 Å². The standard InChI is InChI=1S/C11H17ClN4O/c1-9-10(12)13-8-14-11(9)16-4-2-15(3-5-16)6-7-17/h8,17H,2-7H2,1H3. The van der Waals surface area contributed by atoms with Gasteiger partial charge in [-0.15, -0.1) is 0 Å². The van der Waals surface area contributed by atoms with Crippen LogP contribution in [0.1, 0.15) is 5.56 Å². The first kappa shape index (κ1) is 12.5. The first-order valence-corrected chi connectivity index (χ1v) is 6.15. The molecule has 1 aliphatic rings. The van der Waals surface area contributed by atoms with Crippen molar-refractivity contribution < 1.29 is 5.11 Å². The molecule has 17 heavy (non-hydrogen) atoms. The molecular formula is C11H17ClN4O. The second kappa shape index (κ2) is 5.62. The second-order valence-corrected chi connectivity index (χ2v) is 4.52. The SMILES string of the molecule is Cc1c(Cl)ncnc1N1CCN(CCO)CC1. The van der Waals surface area contributed by atoms with Gasteiger partial charge in [-0.2, -0.15) is 0 Å². The summed E-state index contributed by atoms with van der Waals surface area (Å²) in [5.74, 6) is 0.925. The highest BCUT2D eigenvalue weighted by molar-refractivity contribution is 6.30. The van der Waals surface area contributed by atoms with Gasteiger partial charge >= 0.3 is 0 Å². The van der Waals surface area contributed by atoms with Crippen LogP contribution in [-0.2, 0) is 0 Å². The van der Waals surface area contributed by atoms with E-state index in [1.54, 1.807) is 0 Å². The Labute approximate surface area is 106 Å². The summed E-state index contributed by atoms with van der Waals surface area (Å²) in [6, 6.07) is 0. The fourth-order valence-corrected chi connectivity index (χ4v) is 2.19.